The van der Waals surface area contributed by atoms with Gasteiger partial charge >= 0.3 is 0 Å². The molecule has 0 aliphatic heterocycles. The third-order valence-corrected chi connectivity index (χ3v) is 2.03. The summed E-state index contributed by atoms with van der Waals surface area (Å²) in [5, 5.41) is 11.4. The molecule has 16 heavy (non-hydrogen) atoms. The average Bonchev–Trinajstić information content (AvgIpc) is 2.28. The van der Waals surface area contributed by atoms with Crippen molar-refractivity contribution in [2.24, 2.45) is 0 Å². The molecule has 4 nitrogen and oxygen atoms in total. The Hall–Kier alpha value is -1.81. The summed E-state index contributed by atoms with van der Waals surface area (Å²) in [6, 6.07) is 6.97. The van der Waals surface area contributed by atoms with E-state index in [0.29, 0.717) is 5.69 Å². The van der Waals surface area contributed by atoms with Crippen LogP contribution in [0.25, 0.3) is 6.08 Å². The normalized spacial score (nSPS) is 12.6. The third kappa shape index (κ3) is 4.14. The fraction of sp³-hybridized carbons (Fsp3) is 0.250. The number of hydrogen-bond donors (Lipinski definition) is 3. The van der Waals surface area contributed by atoms with Gasteiger partial charge in [-0.25, -0.2) is 0 Å². The molecule has 0 aliphatic rings. The molecule has 0 saturated heterocycles. The molecule has 0 aliphatic carbocycles. The van der Waals surface area contributed by atoms with Crippen LogP contribution in [0.3, 0.4) is 0 Å². The molecule has 0 spiro atoms. The van der Waals surface area contributed by atoms with Crippen LogP contribution in [0.2, 0.25) is 0 Å². The van der Waals surface area contributed by atoms with Gasteiger partial charge in [-0.2, -0.15) is 0 Å². The van der Waals surface area contributed by atoms with Crippen LogP contribution in [0.5, 0.6) is 0 Å². The van der Waals surface area contributed by atoms with Crippen LogP contribution in [-0.2, 0) is 4.79 Å². The molecule has 0 unspecified atom stereocenters. The number of rotatable bonds is 4. The van der Waals surface area contributed by atoms with Crippen molar-refractivity contribution in [3.8, 4) is 0 Å². The number of nitrogen functional groups attached to an aromatic ring is 1. The third-order valence-electron chi connectivity index (χ3n) is 2.03. The molecule has 4 N–H and O–H groups in total. The highest BCUT2D eigenvalue weighted by molar-refractivity contribution is 5.91. The lowest BCUT2D eigenvalue weighted by Crippen LogP contribution is -2.33. The SMILES string of the molecule is C[C@H](CO)NC(=O)/C=C/c1ccc(N)cc1. The Kier molecular flexibility index (Phi) is 4.54. The van der Waals surface area contributed by atoms with Gasteiger partial charge in [-0.1, -0.05) is 12.1 Å². The van der Waals surface area contributed by atoms with Crippen LogP contribution < -0.4 is 11.1 Å². The van der Waals surface area contributed by atoms with E-state index in [9.17, 15) is 4.79 Å². The minimum atomic E-state index is -0.233. The van der Waals surface area contributed by atoms with Crippen molar-refractivity contribution in [3.05, 3.63) is 35.9 Å². The first-order valence-electron chi connectivity index (χ1n) is 5.07. The number of nitrogens with one attached hydrogen (secondary N) is 1. The van der Waals surface area contributed by atoms with Crippen LogP contribution in [-0.4, -0.2) is 23.7 Å². The monoisotopic (exact) mass is 220 g/mol. The predicted molar refractivity (Wildman–Crippen MR) is 64.6 cm³/mol. The Morgan fingerprint density at radius 1 is 1.50 bits per heavy atom. The van der Waals surface area contributed by atoms with Gasteiger partial charge < -0.3 is 16.2 Å². The number of aliphatic hydroxyl groups is 1. The Balaban J connectivity index is 2.53. The average molecular weight is 220 g/mol. The number of carbonyl (C=O) groups is 1. The van der Waals surface area contributed by atoms with Gasteiger partial charge in [0.05, 0.1) is 6.61 Å². The number of aliphatic hydroxyl groups excluding tert-OH is 1. The molecule has 0 bridgehead atoms. The molecule has 1 amide bonds. The van der Waals surface area contributed by atoms with Crippen molar-refractivity contribution in [3.63, 3.8) is 0 Å². The van der Waals surface area contributed by atoms with Crippen LogP contribution in [0.4, 0.5) is 5.69 Å². The van der Waals surface area contributed by atoms with E-state index in [-0.39, 0.29) is 18.6 Å². The Morgan fingerprint density at radius 3 is 2.69 bits per heavy atom. The van der Waals surface area contributed by atoms with E-state index in [4.69, 9.17) is 10.8 Å². The Labute approximate surface area is 94.8 Å². The maximum absolute atomic E-state index is 11.3. The van der Waals surface area contributed by atoms with Gasteiger partial charge in [0.2, 0.25) is 5.91 Å². The zero-order chi connectivity index (χ0) is 12.0. The minimum Gasteiger partial charge on any atom is -0.399 e. The molecule has 0 heterocycles. The largest absolute Gasteiger partial charge is 0.399 e. The van der Waals surface area contributed by atoms with E-state index in [0.717, 1.165) is 5.56 Å². The fourth-order valence-electron chi connectivity index (χ4n) is 1.12. The maximum atomic E-state index is 11.3. The second-order valence-electron chi connectivity index (χ2n) is 3.59. The van der Waals surface area contributed by atoms with Gasteiger partial charge in [0.25, 0.3) is 0 Å². The van der Waals surface area contributed by atoms with Crippen molar-refractivity contribution < 1.29 is 9.90 Å². The quantitative estimate of drug-likeness (QED) is 0.518. The number of hydrogen-bond acceptors (Lipinski definition) is 3. The van der Waals surface area contributed by atoms with Crippen LogP contribution >= 0.6 is 0 Å². The van der Waals surface area contributed by atoms with Crippen LogP contribution in [0.1, 0.15) is 12.5 Å². The predicted octanol–water partition coefficient (Wildman–Crippen LogP) is 0.779. The molecule has 1 atom stereocenters. The van der Waals surface area contributed by atoms with Gasteiger partial charge in [0.15, 0.2) is 0 Å². The molecule has 1 rings (SSSR count). The highest BCUT2D eigenvalue weighted by Gasteiger charge is 2.01. The van der Waals surface area contributed by atoms with Crippen molar-refractivity contribution in [1.29, 1.82) is 0 Å². The van der Waals surface area contributed by atoms with Crippen molar-refractivity contribution in [2.75, 3.05) is 12.3 Å². The lowest BCUT2D eigenvalue weighted by Gasteiger charge is -2.07. The highest BCUT2D eigenvalue weighted by Crippen LogP contribution is 2.06. The van der Waals surface area contributed by atoms with E-state index in [1.807, 2.05) is 12.1 Å². The Morgan fingerprint density at radius 2 is 2.12 bits per heavy atom. The second kappa shape index (κ2) is 5.92. The molecular formula is C12H16N2O2. The maximum Gasteiger partial charge on any atom is 0.244 e. The molecule has 1 aromatic rings. The first kappa shape index (κ1) is 12.3. The first-order chi connectivity index (χ1) is 7.61. The number of nitrogens with two attached hydrogens (primary N) is 1. The van der Waals surface area contributed by atoms with Gasteiger partial charge in [-0.3, -0.25) is 4.79 Å². The standard InChI is InChI=1S/C12H16N2O2/c1-9(8-15)14-12(16)7-4-10-2-5-11(13)6-3-10/h2-7,9,15H,8,13H2,1H3,(H,14,16)/b7-4+/t9-/m1/s1. The first-order valence-corrected chi connectivity index (χ1v) is 5.07. The van der Waals surface area contributed by atoms with E-state index in [2.05, 4.69) is 5.32 Å². The zero-order valence-corrected chi connectivity index (χ0v) is 9.18. The molecular weight excluding hydrogens is 204 g/mol. The van der Waals surface area contributed by atoms with Crippen molar-refractivity contribution in [1.82, 2.24) is 5.32 Å². The lowest BCUT2D eigenvalue weighted by atomic mass is 10.2. The lowest BCUT2D eigenvalue weighted by molar-refractivity contribution is -0.117. The number of anilines is 1. The van der Waals surface area contributed by atoms with Crippen LogP contribution in [0.15, 0.2) is 30.3 Å². The Bertz CT molecular complexity index is 371. The second-order valence-corrected chi connectivity index (χ2v) is 3.59. The zero-order valence-electron chi connectivity index (χ0n) is 9.18. The van der Waals surface area contributed by atoms with Gasteiger partial charge in [0.1, 0.15) is 0 Å². The molecule has 0 aromatic heterocycles. The van der Waals surface area contributed by atoms with Crippen LogP contribution in [0, 0.1) is 0 Å². The van der Waals surface area contributed by atoms with Gasteiger partial charge in [-0.05, 0) is 30.7 Å². The molecule has 0 saturated carbocycles. The minimum absolute atomic E-state index is 0.0680. The summed E-state index contributed by atoms with van der Waals surface area (Å²) >= 11 is 0. The number of benzene rings is 1. The van der Waals surface area contributed by atoms with Crippen molar-refractivity contribution in [2.45, 2.75) is 13.0 Å². The molecule has 0 radical (unpaired) electrons. The highest BCUT2D eigenvalue weighted by atomic mass is 16.3. The summed E-state index contributed by atoms with van der Waals surface area (Å²) in [5.74, 6) is -0.224. The summed E-state index contributed by atoms with van der Waals surface area (Å²) in [6.45, 7) is 1.66. The van der Waals surface area contributed by atoms with Gasteiger partial charge in [0, 0.05) is 17.8 Å². The molecule has 0 fully saturated rings. The molecule has 4 heteroatoms. The molecule has 86 valence electrons. The summed E-state index contributed by atoms with van der Waals surface area (Å²) in [7, 11) is 0. The van der Waals surface area contributed by atoms with E-state index in [1.165, 1.54) is 6.08 Å². The summed E-state index contributed by atoms with van der Waals surface area (Å²) in [4.78, 5) is 11.3. The summed E-state index contributed by atoms with van der Waals surface area (Å²) in [5.41, 5.74) is 7.13. The van der Waals surface area contributed by atoms with Gasteiger partial charge in [-0.15, -0.1) is 0 Å². The summed E-state index contributed by atoms with van der Waals surface area (Å²) in [6.07, 6.45) is 3.12. The number of amides is 1. The van der Waals surface area contributed by atoms with E-state index < -0.39 is 0 Å². The van der Waals surface area contributed by atoms with E-state index >= 15 is 0 Å². The summed E-state index contributed by atoms with van der Waals surface area (Å²) < 4.78 is 0. The van der Waals surface area contributed by atoms with Crippen molar-refractivity contribution >= 4 is 17.7 Å². The smallest absolute Gasteiger partial charge is 0.244 e. The molecule has 1 aromatic carbocycles. The van der Waals surface area contributed by atoms with E-state index in [1.54, 1.807) is 25.1 Å². The topological polar surface area (TPSA) is 75.3 Å². The fourth-order valence-corrected chi connectivity index (χ4v) is 1.12. The number of carbonyl (C=O) groups excluding carboxylic acids is 1.